The number of rotatable bonds is 10. The summed E-state index contributed by atoms with van der Waals surface area (Å²) >= 11 is 0. The number of hydrogen-bond acceptors (Lipinski definition) is 8. The fourth-order valence-electron chi connectivity index (χ4n) is 3.46. The van der Waals surface area contributed by atoms with Gasteiger partial charge in [0.2, 0.25) is 5.82 Å². The van der Waals surface area contributed by atoms with Crippen LogP contribution in [-0.4, -0.2) is 39.7 Å². The minimum Gasteiger partial charge on any atom is -0.497 e. The Morgan fingerprint density at radius 2 is 1.60 bits per heavy atom. The molecule has 12 heteroatoms. The summed E-state index contributed by atoms with van der Waals surface area (Å²) in [7, 11) is 1.44. The number of benzene rings is 3. The molecule has 1 aromatic heterocycles. The topological polar surface area (TPSA) is 121 Å². The van der Waals surface area contributed by atoms with Crippen LogP contribution in [0.2, 0.25) is 0 Å². The molecule has 9 nitrogen and oxygen atoms in total. The van der Waals surface area contributed by atoms with Crippen molar-refractivity contribution in [2.45, 2.75) is 32.2 Å². The molecule has 1 heterocycles. The summed E-state index contributed by atoms with van der Waals surface area (Å²) in [6.07, 6.45) is -4.45. The first-order chi connectivity index (χ1) is 18.9. The minimum absolute atomic E-state index is 0.0388. The van der Waals surface area contributed by atoms with E-state index in [4.69, 9.17) is 18.7 Å². The number of alkyl halides is 3. The van der Waals surface area contributed by atoms with E-state index >= 15 is 0 Å². The number of aromatic nitrogens is 2. The molecule has 0 fully saturated rings. The van der Waals surface area contributed by atoms with Gasteiger partial charge >= 0.3 is 12.1 Å². The van der Waals surface area contributed by atoms with Crippen molar-refractivity contribution < 1.29 is 46.6 Å². The van der Waals surface area contributed by atoms with Crippen LogP contribution in [0, 0.1) is 0 Å². The zero-order valence-electron chi connectivity index (χ0n) is 21.5. The third kappa shape index (κ3) is 6.40. The van der Waals surface area contributed by atoms with Gasteiger partial charge in [0.25, 0.3) is 5.89 Å². The maximum atomic E-state index is 13.2. The third-order valence-corrected chi connectivity index (χ3v) is 5.73. The van der Waals surface area contributed by atoms with Crippen molar-refractivity contribution in [1.29, 1.82) is 0 Å². The van der Waals surface area contributed by atoms with Gasteiger partial charge in [-0.1, -0.05) is 5.16 Å². The molecule has 0 aliphatic heterocycles. The predicted octanol–water partition coefficient (Wildman–Crippen LogP) is 5.82. The Labute approximate surface area is 226 Å². The molecule has 0 saturated carbocycles. The fourth-order valence-corrected chi connectivity index (χ4v) is 3.46. The highest BCUT2D eigenvalue weighted by molar-refractivity contribution is 6.11. The maximum Gasteiger partial charge on any atom is 0.416 e. The second-order valence-corrected chi connectivity index (χ2v) is 9.01. The standard InChI is InChI=1S/C28H23F3N2O7/c1-27(2,26(35)36)39-22-14-20(37-3)12-13-21(22)24(34)16-6-10-19(11-7-16)38-15-23-32-25(40-33-23)17-4-8-18(9-5-17)28(29,30)31/h4-14H,15H2,1-3H3,(H,35,36). The second-order valence-electron chi connectivity index (χ2n) is 9.01. The Morgan fingerprint density at radius 3 is 2.20 bits per heavy atom. The van der Waals surface area contributed by atoms with Crippen LogP contribution in [0.1, 0.15) is 41.2 Å². The summed E-state index contributed by atoms with van der Waals surface area (Å²) in [6, 6.07) is 15.0. The molecule has 4 aromatic rings. The zero-order valence-corrected chi connectivity index (χ0v) is 21.5. The maximum absolute atomic E-state index is 13.2. The lowest BCUT2D eigenvalue weighted by atomic mass is 10.0. The van der Waals surface area contributed by atoms with E-state index in [1.165, 1.54) is 57.4 Å². The van der Waals surface area contributed by atoms with Gasteiger partial charge in [-0.05, 0) is 74.5 Å². The molecule has 0 unspecified atom stereocenters. The molecule has 0 amide bonds. The summed E-state index contributed by atoms with van der Waals surface area (Å²) in [5.74, 6) is -0.589. The molecule has 0 spiro atoms. The van der Waals surface area contributed by atoms with Gasteiger partial charge in [0.05, 0.1) is 18.2 Å². The Morgan fingerprint density at radius 1 is 0.950 bits per heavy atom. The van der Waals surface area contributed by atoms with Gasteiger partial charge in [-0.2, -0.15) is 18.2 Å². The van der Waals surface area contributed by atoms with Crippen molar-refractivity contribution in [1.82, 2.24) is 10.1 Å². The summed E-state index contributed by atoms with van der Waals surface area (Å²) in [5, 5.41) is 13.2. The highest BCUT2D eigenvalue weighted by Gasteiger charge is 2.32. The lowest BCUT2D eigenvalue weighted by Gasteiger charge is -2.23. The van der Waals surface area contributed by atoms with Gasteiger partial charge in [0.1, 0.15) is 17.2 Å². The van der Waals surface area contributed by atoms with Crippen LogP contribution in [0.5, 0.6) is 17.2 Å². The average molecular weight is 556 g/mol. The normalized spacial score (nSPS) is 11.7. The summed E-state index contributed by atoms with van der Waals surface area (Å²) < 4.78 is 59.9. The van der Waals surface area contributed by atoms with E-state index in [1.54, 1.807) is 18.2 Å². The third-order valence-electron chi connectivity index (χ3n) is 5.73. The van der Waals surface area contributed by atoms with Crippen LogP contribution in [0.15, 0.2) is 71.3 Å². The van der Waals surface area contributed by atoms with E-state index in [2.05, 4.69) is 10.1 Å². The predicted molar refractivity (Wildman–Crippen MR) is 134 cm³/mol. The number of halogens is 3. The van der Waals surface area contributed by atoms with E-state index in [1.807, 2.05) is 0 Å². The molecule has 40 heavy (non-hydrogen) atoms. The van der Waals surface area contributed by atoms with Crippen molar-refractivity contribution in [2.24, 2.45) is 0 Å². The molecule has 4 rings (SSSR count). The van der Waals surface area contributed by atoms with E-state index in [-0.39, 0.29) is 29.6 Å². The van der Waals surface area contributed by atoms with Crippen molar-refractivity contribution in [3.05, 3.63) is 89.2 Å². The zero-order chi connectivity index (χ0) is 29.1. The van der Waals surface area contributed by atoms with Crippen LogP contribution >= 0.6 is 0 Å². The molecule has 0 aliphatic rings. The Hall–Kier alpha value is -4.87. The number of hydrogen-bond donors (Lipinski definition) is 1. The molecular weight excluding hydrogens is 533 g/mol. The fraction of sp³-hybridized carbons (Fsp3) is 0.214. The van der Waals surface area contributed by atoms with Gasteiger partial charge < -0.3 is 23.8 Å². The van der Waals surface area contributed by atoms with Crippen molar-refractivity contribution in [2.75, 3.05) is 7.11 Å². The second kappa shape index (κ2) is 11.1. The first-order valence-electron chi connectivity index (χ1n) is 11.8. The number of carboxylic acids is 1. The molecule has 0 aliphatic carbocycles. The molecule has 0 atom stereocenters. The van der Waals surface area contributed by atoms with Crippen molar-refractivity contribution in [3.63, 3.8) is 0 Å². The van der Waals surface area contributed by atoms with Crippen LogP contribution in [-0.2, 0) is 17.6 Å². The van der Waals surface area contributed by atoms with Crippen LogP contribution in [0.25, 0.3) is 11.5 Å². The number of carbonyl (C=O) groups excluding carboxylic acids is 1. The first-order valence-corrected chi connectivity index (χ1v) is 11.8. The van der Waals surface area contributed by atoms with Gasteiger partial charge in [-0.3, -0.25) is 4.79 Å². The number of nitrogens with zero attached hydrogens (tertiary/aromatic N) is 2. The van der Waals surface area contributed by atoms with Crippen molar-refractivity contribution >= 4 is 11.8 Å². The Kier molecular flexibility index (Phi) is 7.80. The highest BCUT2D eigenvalue weighted by Crippen LogP contribution is 2.32. The quantitative estimate of drug-likeness (QED) is 0.241. The number of methoxy groups -OCH3 is 1. The van der Waals surface area contributed by atoms with E-state index in [0.717, 1.165) is 12.1 Å². The molecule has 0 bridgehead atoms. The molecule has 1 N–H and O–H groups in total. The van der Waals surface area contributed by atoms with Crippen LogP contribution < -0.4 is 14.2 Å². The van der Waals surface area contributed by atoms with Crippen LogP contribution in [0.3, 0.4) is 0 Å². The molecule has 208 valence electrons. The average Bonchev–Trinajstić information content (AvgIpc) is 3.40. The lowest BCUT2D eigenvalue weighted by molar-refractivity contribution is -0.152. The van der Waals surface area contributed by atoms with Crippen molar-refractivity contribution in [3.8, 4) is 28.7 Å². The number of aliphatic carboxylic acids is 1. The molecular formula is C28H23F3N2O7. The largest absolute Gasteiger partial charge is 0.497 e. The van der Waals surface area contributed by atoms with E-state index in [9.17, 15) is 27.9 Å². The Bertz CT molecular complexity index is 1510. The number of carboxylic acid groups (broad SMARTS) is 1. The summed E-state index contributed by atoms with van der Waals surface area (Å²) in [6.45, 7) is 2.63. The van der Waals surface area contributed by atoms with E-state index < -0.39 is 29.1 Å². The summed E-state index contributed by atoms with van der Waals surface area (Å²) in [5.41, 5.74) is -1.63. The summed E-state index contributed by atoms with van der Waals surface area (Å²) in [4.78, 5) is 28.9. The SMILES string of the molecule is COc1ccc(C(=O)c2ccc(OCc3noc(-c4ccc(C(F)(F)F)cc4)n3)cc2)c(OC(C)(C)C(=O)O)c1. The Balaban J connectivity index is 1.44. The number of ketones is 1. The van der Waals surface area contributed by atoms with Crippen LogP contribution in [0.4, 0.5) is 13.2 Å². The number of ether oxygens (including phenoxy) is 3. The smallest absolute Gasteiger partial charge is 0.416 e. The molecule has 0 radical (unpaired) electrons. The monoisotopic (exact) mass is 556 g/mol. The minimum atomic E-state index is -4.45. The first kappa shape index (κ1) is 28.1. The highest BCUT2D eigenvalue weighted by atomic mass is 19.4. The lowest BCUT2D eigenvalue weighted by Crippen LogP contribution is -2.38. The van der Waals surface area contributed by atoms with Gasteiger partial charge in [0, 0.05) is 17.2 Å². The van der Waals surface area contributed by atoms with Gasteiger partial charge in [0.15, 0.2) is 18.0 Å². The van der Waals surface area contributed by atoms with Gasteiger partial charge in [-0.15, -0.1) is 0 Å². The number of carbonyl (C=O) groups is 2. The van der Waals surface area contributed by atoms with E-state index in [0.29, 0.717) is 22.6 Å². The molecule has 0 saturated heterocycles. The molecule has 3 aromatic carbocycles. The van der Waals surface area contributed by atoms with Gasteiger partial charge in [-0.25, -0.2) is 4.79 Å².